The molecule has 7 aliphatic rings. The minimum atomic E-state index is -1.44. The number of hydrogen-bond donors (Lipinski definition) is 4. The maximum Gasteiger partial charge on any atom is 0.309 e. The van der Waals surface area contributed by atoms with Crippen molar-refractivity contribution in [3.05, 3.63) is 35.4 Å². The van der Waals surface area contributed by atoms with Gasteiger partial charge in [0.05, 0.1) is 30.8 Å². The molecule has 13 atom stereocenters. The zero-order valence-electron chi connectivity index (χ0n) is 37.3. The molecule has 1 aromatic rings. The quantitative estimate of drug-likeness (QED) is 0.147. The van der Waals surface area contributed by atoms with Crippen LogP contribution in [0.4, 0.5) is 0 Å². The van der Waals surface area contributed by atoms with Crippen molar-refractivity contribution in [1.29, 1.82) is 0 Å². The van der Waals surface area contributed by atoms with E-state index in [2.05, 4.69) is 52.0 Å². The van der Waals surface area contributed by atoms with Crippen LogP contribution in [0.25, 0.3) is 0 Å². The van der Waals surface area contributed by atoms with E-state index in [1.54, 1.807) is 7.11 Å². The number of carbonyl (C=O) groups is 1. The monoisotopic (exact) mass is 805 g/mol. The SMILES string of the molecule is COCCc1ccc(CC2OC3(O)CC(O)C4(CO)C5(C)CCC6(CCCCCC7CCCCC7)C7CC(C)(C(=O)O)CCC7(C)CCC6(C)C5CCC24C3C)cc1. The van der Waals surface area contributed by atoms with Gasteiger partial charge in [0.15, 0.2) is 5.79 Å². The lowest BCUT2D eigenvalue weighted by atomic mass is 9.25. The standard InChI is InChI=1S/C51H80O7/c1-35-49-23-20-39-46(4)27-26-44(2)24-25-45(3,43(54)55)32-40(44)48(46,22-12-8-11-15-36-13-9-7-10-14-36)29-28-47(39,5)50(49,34-52)41(53)33-51(35,56)58-42(49)31-38-18-16-37(17-19-38)21-30-57-6/h16-19,35-36,39-42,52-53,56H,7-15,20-34H2,1-6H3,(H,54,55). The maximum atomic E-state index is 13.1. The highest BCUT2D eigenvalue weighted by molar-refractivity contribution is 5.74. The van der Waals surface area contributed by atoms with Gasteiger partial charge in [0.25, 0.3) is 0 Å². The zero-order valence-corrected chi connectivity index (χ0v) is 37.3. The Morgan fingerprint density at radius 2 is 1.52 bits per heavy atom. The number of carboxylic acid groups (broad SMARTS) is 1. The van der Waals surface area contributed by atoms with Gasteiger partial charge in [0, 0.05) is 30.3 Å². The van der Waals surface area contributed by atoms with Crippen LogP contribution in [0.5, 0.6) is 0 Å². The minimum Gasteiger partial charge on any atom is -0.481 e. The molecule has 1 heterocycles. The van der Waals surface area contributed by atoms with Gasteiger partial charge in [0.1, 0.15) is 0 Å². The summed E-state index contributed by atoms with van der Waals surface area (Å²) in [4.78, 5) is 13.1. The fourth-order valence-corrected chi connectivity index (χ4v) is 17.3. The maximum absolute atomic E-state index is 13.1. The molecule has 7 heteroatoms. The van der Waals surface area contributed by atoms with E-state index in [1.807, 2.05) is 6.92 Å². The van der Waals surface area contributed by atoms with Gasteiger partial charge in [-0.25, -0.2) is 0 Å². The second-order valence-corrected chi connectivity index (χ2v) is 22.8. The second-order valence-electron chi connectivity index (χ2n) is 22.8. The molecule has 0 radical (unpaired) electrons. The Morgan fingerprint density at radius 3 is 2.21 bits per heavy atom. The van der Waals surface area contributed by atoms with E-state index in [-0.39, 0.29) is 47.2 Å². The van der Waals surface area contributed by atoms with Gasteiger partial charge < -0.3 is 29.9 Å². The van der Waals surface area contributed by atoms with Gasteiger partial charge in [-0.05, 0) is 135 Å². The molecule has 7 fully saturated rings. The predicted molar refractivity (Wildman–Crippen MR) is 228 cm³/mol. The fourth-order valence-electron chi connectivity index (χ4n) is 17.3. The fraction of sp³-hybridized carbons (Fsp3) is 0.863. The van der Waals surface area contributed by atoms with Gasteiger partial charge in [-0.15, -0.1) is 0 Å². The number of fused-ring (bicyclic) bond motifs is 7. The van der Waals surface area contributed by atoms with Crippen molar-refractivity contribution >= 4 is 5.97 Å². The van der Waals surface area contributed by atoms with Gasteiger partial charge >= 0.3 is 5.97 Å². The molecular weight excluding hydrogens is 725 g/mol. The van der Waals surface area contributed by atoms with Gasteiger partial charge in [0.2, 0.25) is 0 Å². The number of methoxy groups -OCH3 is 1. The molecule has 0 aromatic heterocycles. The number of rotatable bonds is 13. The van der Waals surface area contributed by atoms with E-state index >= 15 is 0 Å². The average Bonchev–Trinajstić information content (AvgIpc) is 3.34. The van der Waals surface area contributed by atoms with Crippen LogP contribution < -0.4 is 0 Å². The molecule has 8 rings (SSSR count). The first-order chi connectivity index (χ1) is 27.5. The number of aliphatic carboxylic acids is 1. The van der Waals surface area contributed by atoms with Crippen LogP contribution in [0.2, 0.25) is 0 Å². The van der Waals surface area contributed by atoms with E-state index in [9.17, 15) is 25.2 Å². The molecule has 1 aliphatic heterocycles. The van der Waals surface area contributed by atoms with E-state index < -0.39 is 39.5 Å². The first kappa shape index (κ1) is 43.2. The zero-order chi connectivity index (χ0) is 41.4. The van der Waals surface area contributed by atoms with Crippen molar-refractivity contribution in [2.24, 2.45) is 61.6 Å². The van der Waals surface area contributed by atoms with E-state index in [0.29, 0.717) is 18.9 Å². The summed E-state index contributed by atoms with van der Waals surface area (Å²) in [5.74, 6) is -0.840. The number of unbranched alkanes of at least 4 members (excludes halogenated alkanes) is 2. The second kappa shape index (κ2) is 15.4. The molecule has 1 aromatic carbocycles. The van der Waals surface area contributed by atoms with E-state index in [0.717, 1.165) is 82.1 Å². The van der Waals surface area contributed by atoms with Crippen LogP contribution >= 0.6 is 0 Å². The molecule has 7 nitrogen and oxygen atoms in total. The molecule has 2 bridgehead atoms. The van der Waals surface area contributed by atoms with Crippen LogP contribution in [0.3, 0.4) is 0 Å². The molecule has 326 valence electrons. The molecule has 1 spiro atoms. The Bertz CT molecular complexity index is 1640. The number of benzene rings is 1. The van der Waals surface area contributed by atoms with Crippen molar-refractivity contribution in [2.45, 2.75) is 194 Å². The summed E-state index contributed by atoms with van der Waals surface area (Å²) in [6.07, 6.45) is 22.0. The van der Waals surface area contributed by atoms with Crippen molar-refractivity contribution in [2.75, 3.05) is 20.3 Å². The Kier molecular flexibility index (Phi) is 11.4. The van der Waals surface area contributed by atoms with Crippen LogP contribution in [-0.2, 0) is 27.1 Å². The smallest absolute Gasteiger partial charge is 0.309 e. The average molecular weight is 805 g/mol. The molecule has 6 saturated carbocycles. The predicted octanol–water partition coefficient (Wildman–Crippen LogP) is 10.3. The lowest BCUT2D eigenvalue weighted by Gasteiger charge is -2.78. The Balaban J connectivity index is 1.16. The van der Waals surface area contributed by atoms with Crippen molar-refractivity contribution < 1.29 is 34.7 Å². The third-order valence-electron chi connectivity index (χ3n) is 20.8. The van der Waals surface area contributed by atoms with Crippen LogP contribution in [-0.4, -0.2) is 64.7 Å². The van der Waals surface area contributed by atoms with Crippen molar-refractivity contribution in [3.63, 3.8) is 0 Å². The number of aliphatic hydroxyl groups is 3. The third-order valence-corrected chi connectivity index (χ3v) is 20.8. The Labute approximate surface area is 350 Å². The van der Waals surface area contributed by atoms with Crippen LogP contribution in [0, 0.1) is 61.6 Å². The van der Waals surface area contributed by atoms with Crippen LogP contribution in [0.1, 0.15) is 174 Å². The summed E-state index contributed by atoms with van der Waals surface area (Å²) < 4.78 is 12.2. The first-order valence-corrected chi connectivity index (χ1v) is 24.0. The van der Waals surface area contributed by atoms with Gasteiger partial charge in [-0.3, -0.25) is 4.79 Å². The first-order valence-electron chi connectivity index (χ1n) is 24.0. The van der Waals surface area contributed by atoms with Crippen LogP contribution in [0.15, 0.2) is 24.3 Å². The number of carboxylic acids is 1. The highest BCUT2D eigenvalue weighted by Gasteiger charge is 2.83. The Hall–Kier alpha value is -1.51. The molecular formula is C51H80O7. The summed E-state index contributed by atoms with van der Waals surface area (Å²) >= 11 is 0. The highest BCUT2D eigenvalue weighted by atomic mass is 16.6. The normalized spacial score (nSPS) is 47.4. The number of ether oxygens (including phenoxy) is 2. The van der Waals surface area contributed by atoms with E-state index in [4.69, 9.17) is 9.47 Å². The highest BCUT2D eigenvalue weighted by Crippen LogP contribution is 2.84. The summed E-state index contributed by atoms with van der Waals surface area (Å²) in [6, 6.07) is 8.72. The molecule has 6 aliphatic carbocycles. The van der Waals surface area contributed by atoms with Gasteiger partial charge in [-0.2, -0.15) is 0 Å². The molecule has 4 N–H and O–H groups in total. The molecule has 58 heavy (non-hydrogen) atoms. The summed E-state index contributed by atoms with van der Waals surface area (Å²) in [6.45, 7) is 12.3. The summed E-state index contributed by atoms with van der Waals surface area (Å²) in [7, 11) is 1.73. The summed E-state index contributed by atoms with van der Waals surface area (Å²) in [5, 5.41) is 48.0. The minimum absolute atomic E-state index is 0.00456. The van der Waals surface area contributed by atoms with E-state index in [1.165, 1.54) is 63.4 Å². The number of hydrogen-bond acceptors (Lipinski definition) is 6. The molecule has 13 unspecified atom stereocenters. The largest absolute Gasteiger partial charge is 0.481 e. The topological polar surface area (TPSA) is 116 Å². The Morgan fingerprint density at radius 1 is 0.828 bits per heavy atom. The summed E-state index contributed by atoms with van der Waals surface area (Å²) in [5.41, 5.74) is -0.157. The van der Waals surface area contributed by atoms with Crippen molar-refractivity contribution in [1.82, 2.24) is 0 Å². The third kappa shape index (κ3) is 6.13. The lowest BCUT2D eigenvalue weighted by Crippen LogP contribution is -2.77. The van der Waals surface area contributed by atoms with Gasteiger partial charge in [-0.1, -0.05) is 110 Å². The molecule has 1 saturated heterocycles. The van der Waals surface area contributed by atoms with Crippen molar-refractivity contribution in [3.8, 4) is 0 Å². The molecule has 0 amide bonds. The number of aliphatic hydroxyl groups excluding tert-OH is 2. The lowest BCUT2D eigenvalue weighted by molar-refractivity contribution is -0.336.